The van der Waals surface area contributed by atoms with Crippen LogP contribution in [0.2, 0.25) is 0 Å². The van der Waals surface area contributed by atoms with Gasteiger partial charge in [-0.25, -0.2) is 4.79 Å². The molecule has 0 bridgehead atoms. The van der Waals surface area contributed by atoms with Gasteiger partial charge in [-0.3, -0.25) is 9.78 Å². The van der Waals surface area contributed by atoms with Crippen LogP contribution in [0.3, 0.4) is 0 Å². The van der Waals surface area contributed by atoms with E-state index in [0.717, 1.165) is 0 Å². The highest BCUT2D eigenvalue weighted by atomic mass is 16.4. The Labute approximate surface area is 93.5 Å². The molecule has 0 aromatic carbocycles. The molecule has 1 atom stereocenters. The van der Waals surface area contributed by atoms with Gasteiger partial charge in [-0.1, -0.05) is 19.4 Å². The maximum Gasteiger partial charge on any atom is 0.326 e. The summed E-state index contributed by atoms with van der Waals surface area (Å²) >= 11 is 0. The molecule has 0 saturated carbocycles. The van der Waals surface area contributed by atoms with Gasteiger partial charge in [0.2, 0.25) is 0 Å². The highest BCUT2D eigenvalue weighted by molar-refractivity contribution is 5.94. The van der Waals surface area contributed by atoms with Gasteiger partial charge in [0, 0.05) is 6.20 Å². The van der Waals surface area contributed by atoms with E-state index < -0.39 is 17.9 Å². The first-order valence-electron chi connectivity index (χ1n) is 5.10. The fraction of sp³-hybridized carbons (Fsp3) is 0.364. The number of pyridine rings is 1. The maximum atomic E-state index is 11.6. The molecule has 0 fully saturated rings. The number of carbonyl (C=O) groups is 2. The number of hydrogen-bond acceptors (Lipinski definition) is 3. The summed E-state index contributed by atoms with van der Waals surface area (Å²) in [4.78, 5) is 26.3. The number of aliphatic carboxylic acids is 1. The highest BCUT2D eigenvalue weighted by Crippen LogP contribution is 2.00. The second kappa shape index (κ2) is 5.85. The van der Waals surface area contributed by atoms with Crippen molar-refractivity contribution in [2.24, 2.45) is 0 Å². The Morgan fingerprint density at radius 2 is 2.25 bits per heavy atom. The Morgan fingerprint density at radius 3 is 2.75 bits per heavy atom. The molecular weight excluding hydrogens is 208 g/mol. The smallest absolute Gasteiger partial charge is 0.326 e. The first kappa shape index (κ1) is 12.2. The summed E-state index contributed by atoms with van der Waals surface area (Å²) in [5.41, 5.74) is 0.227. The molecule has 0 aliphatic carbocycles. The number of nitrogens with zero attached hydrogens (tertiary/aromatic N) is 1. The van der Waals surface area contributed by atoms with Crippen molar-refractivity contribution < 1.29 is 14.7 Å². The zero-order chi connectivity index (χ0) is 12.0. The lowest BCUT2D eigenvalue weighted by Gasteiger charge is -2.12. The molecule has 1 unspecified atom stereocenters. The van der Waals surface area contributed by atoms with Gasteiger partial charge in [-0.2, -0.15) is 0 Å². The summed E-state index contributed by atoms with van der Waals surface area (Å²) in [5, 5.41) is 11.3. The van der Waals surface area contributed by atoms with E-state index in [-0.39, 0.29) is 5.69 Å². The van der Waals surface area contributed by atoms with Gasteiger partial charge in [0.05, 0.1) is 0 Å². The number of amides is 1. The van der Waals surface area contributed by atoms with Crippen LogP contribution < -0.4 is 5.32 Å². The number of aromatic nitrogens is 1. The minimum absolute atomic E-state index is 0.227. The van der Waals surface area contributed by atoms with Crippen molar-refractivity contribution in [3.63, 3.8) is 0 Å². The predicted octanol–water partition coefficient (Wildman–Crippen LogP) is 1.06. The minimum atomic E-state index is -1.02. The molecule has 2 N–H and O–H groups in total. The number of nitrogens with one attached hydrogen (secondary N) is 1. The molecule has 1 rings (SSSR count). The van der Waals surface area contributed by atoms with E-state index in [4.69, 9.17) is 5.11 Å². The van der Waals surface area contributed by atoms with Crippen LogP contribution in [0.4, 0.5) is 0 Å². The van der Waals surface area contributed by atoms with E-state index in [1.165, 1.54) is 6.20 Å². The second-order valence-electron chi connectivity index (χ2n) is 3.37. The zero-order valence-electron chi connectivity index (χ0n) is 9.01. The molecule has 0 spiro atoms. The van der Waals surface area contributed by atoms with Gasteiger partial charge in [0.1, 0.15) is 11.7 Å². The van der Waals surface area contributed by atoms with Crippen LogP contribution in [0.1, 0.15) is 30.3 Å². The summed E-state index contributed by atoms with van der Waals surface area (Å²) in [6.07, 6.45) is 2.60. The van der Waals surface area contributed by atoms with E-state index in [1.807, 2.05) is 6.92 Å². The van der Waals surface area contributed by atoms with Crippen LogP contribution in [-0.4, -0.2) is 28.0 Å². The lowest BCUT2D eigenvalue weighted by Crippen LogP contribution is -2.40. The van der Waals surface area contributed by atoms with Crippen LogP contribution in [0, 0.1) is 0 Å². The molecule has 16 heavy (non-hydrogen) atoms. The first-order valence-corrected chi connectivity index (χ1v) is 5.10. The average Bonchev–Trinajstić information content (AvgIpc) is 2.29. The van der Waals surface area contributed by atoms with Crippen molar-refractivity contribution in [1.29, 1.82) is 0 Å². The summed E-state index contributed by atoms with van der Waals surface area (Å²) in [6.45, 7) is 1.86. The van der Waals surface area contributed by atoms with E-state index >= 15 is 0 Å². The van der Waals surface area contributed by atoms with Crippen LogP contribution in [0.15, 0.2) is 24.4 Å². The highest BCUT2D eigenvalue weighted by Gasteiger charge is 2.19. The van der Waals surface area contributed by atoms with Crippen LogP contribution in [0.5, 0.6) is 0 Å². The minimum Gasteiger partial charge on any atom is -0.480 e. The summed E-state index contributed by atoms with van der Waals surface area (Å²) in [7, 11) is 0. The fourth-order valence-electron chi connectivity index (χ4n) is 1.28. The molecule has 0 saturated heterocycles. The Kier molecular flexibility index (Phi) is 4.44. The van der Waals surface area contributed by atoms with Crippen molar-refractivity contribution in [2.45, 2.75) is 25.8 Å². The SMILES string of the molecule is CCCC(NC(=O)c1ccccn1)C(=O)O. The Balaban J connectivity index is 2.65. The molecule has 5 nitrogen and oxygen atoms in total. The number of carboxylic acid groups (broad SMARTS) is 1. The second-order valence-corrected chi connectivity index (χ2v) is 3.37. The van der Waals surface area contributed by atoms with Gasteiger partial charge >= 0.3 is 5.97 Å². The monoisotopic (exact) mass is 222 g/mol. The number of carboxylic acids is 1. The van der Waals surface area contributed by atoms with Crippen LogP contribution in [0.25, 0.3) is 0 Å². The summed E-state index contributed by atoms with van der Waals surface area (Å²) in [5.74, 6) is -1.48. The lowest BCUT2D eigenvalue weighted by molar-refractivity contribution is -0.139. The lowest BCUT2D eigenvalue weighted by atomic mass is 10.1. The van der Waals surface area contributed by atoms with Gasteiger partial charge in [0.15, 0.2) is 0 Å². The third-order valence-corrected chi connectivity index (χ3v) is 2.08. The molecule has 0 radical (unpaired) electrons. The van der Waals surface area contributed by atoms with Crippen molar-refractivity contribution >= 4 is 11.9 Å². The van der Waals surface area contributed by atoms with E-state index in [2.05, 4.69) is 10.3 Å². The third kappa shape index (κ3) is 3.34. The summed E-state index contributed by atoms with van der Waals surface area (Å²) < 4.78 is 0. The normalized spacial score (nSPS) is 11.8. The number of carbonyl (C=O) groups excluding carboxylic acids is 1. The van der Waals surface area contributed by atoms with Crippen molar-refractivity contribution in [1.82, 2.24) is 10.3 Å². The molecule has 1 aromatic rings. The van der Waals surface area contributed by atoms with Gasteiger partial charge in [0.25, 0.3) is 5.91 Å². The van der Waals surface area contributed by atoms with Crippen molar-refractivity contribution in [3.8, 4) is 0 Å². The molecule has 0 aliphatic heterocycles. The largest absolute Gasteiger partial charge is 0.480 e. The molecule has 0 aliphatic rings. The Hall–Kier alpha value is -1.91. The molecule has 5 heteroatoms. The summed E-state index contributed by atoms with van der Waals surface area (Å²) in [6, 6.07) is 4.06. The van der Waals surface area contributed by atoms with Crippen LogP contribution in [-0.2, 0) is 4.79 Å². The first-order chi connectivity index (χ1) is 7.65. The number of rotatable bonds is 5. The van der Waals surface area contributed by atoms with Crippen molar-refractivity contribution in [2.75, 3.05) is 0 Å². The predicted molar refractivity (Wildman–Crippen MR) is 58.0 cm³/mol. The van der Waals surface area contributed by atoms with E-state index in [0.29, 0.717) is 12.8 Å². The third-order valence-electron chi connectivity index (χ3n) is 2.08. The topological polar surface area (TPSA) is 79.3 Å². The molecule has 1 amide bonds. The molecular formula is C11H14N2O3. The standard InChI is InChI=1S/C11H14N2O3/c1-2-5-9(11(15)16)13-10(14)8-6-3-4-7-12-8/h3-4,6-7,9H,2,5H2,1H3,(H,13,14)(H,15,16). The van der Waals surface area contributed by atoms with Gasteiger partial charge in [-0.15, -0.1) is 0 Å². The van der Waals surface area contributed by atoms with E-state index in [1.54, 1.807) is 18.2 Å². The van der Waals surface area contributed by atoms with Crippen LogP contribution >= 0.6 is 0 Å². The Morgan fingerprint density at radius 1 is 1.50 bits per heavy atom. The molecule has 1 heterocycles. The Bertz CT molecular complexity index is 365. The zero-order valence-corrected chi connectivity index (χ0v) is 9.01. The average molecular weight is 222 g/mol. The molecule has 86 valence electrons. The van der Waals surface area contributed by atoms with E-state index in [9.17, 15) is 9.59 Å². The molecule has 1 aromatic heterocycles. The maximum absolute atomic E-state index is 11.6. The van der Waals surface area contributed by atoms with Crippen molar-refractivity contribution in [3.05, 3.63) is 30.1 Å². The van der Waals surface area contributed by atoms with Gasteiger partial charge in [-0.05, 0) is 18.6 Å². The quantitative estimate of drug-likeness (QED) is 0.780. The number of hydrogen-bond donors (Lipinski definition) is 2. The van der Waals surface area contributed by atoms with Gasteiger partial charge < -0.3 is 10.4 Å². The fourth-order valence-corrected chi connectivity index (χ4v) is 1.28.